The van der Waals surface area contributed by atoms with Crippen LogP contribution in [0.2, 0.25) is 0 Å². The zero-order chi connectivity index (χ0) is 14.8. The van der Waals surface area contributed by atoms with Crippen LogP contribution in [0.4, 0.5) is 5.82 Å². The number of carbonyl (C=O) groups is 1. The second kappa shape index (κ2) is 5.04. The van der Waals surface area contributed by atoms with Crippen LogP contribution in [-0.2, 0) is 0 Å². The first kappa shape index (κ1) is 12.8. The van der Waals surface area contributed by atoms with Gasteiger partial charge < -0.3 is 15.6 Å². The molecule has 1 aromatic carbocycles. The molecule has 0 bridgehead atoms. The first-order valence-corrected chi connectivity index (χ1v) is 6.01. The lowest BCUT2D eigenvalue weighted by molar-refractivity contribution is 0.0693. The second-order valence-electron chi connectivity index (χ2n) is 4.23. The first-order chi connectivity index (χ1) is 10.1. The quantitative estimate of drug-likeness (QED) is 0.756. The summed E-state index contributed by atoms with van der Waals surface area (Å²) in [6.45, 7) is 0. The fourth-order valence-corrected chi connectivity index (χ4v) is 1.92. The monoisotopic (exact) mass is 282 g/mol. The molecule has 2 aromatic heterocycles. The Labute approximate surface area is 119 Å². The van der Waals surface area contributed by atoms with Crippen molar-refractivity contribution in [1.82, 2.24) is 15.0 Å². The average molecular weight is 282 g/mol. The Bertz CT molecular complexity index is 835. The lowest BCUT2D eigenvalue weighted by atomic mass is 10.1. The lowest BCUT2D eigenvalue weighted by Crippen LogP contribution is -2.00. The summed E-state index contributed by atoms with van der Waals surface area (Å²) >= 11 is 0. The highest BCUT2D eigenvalue weighted by molar-refractivity contribution is 6.01. The number of ether oxygens (including phenoxy) is 1. The predicted molar refractivity (Wildman–Crippen MR) is 75.2 cm³/mol. The number of carboxylic acids is 1. The molecule has 104 valence electrons. The number of nitrogens with two attached hydrogens (primary N) is 1. The molecule has 0 fully saturated rings. The normalized spacial score (nSPS) is 10.5. The zero-order valence-electron chi connectivity index (χ0n) is 10.7. The fraction of sp³-hybridized carbons (Fsp3) is 0. The van der Waals surface area contributed by atoms with Gasteiger partial charge in [-0.05, 0) is 29.7 Å². The molecule has 0 aliphatic carbocycles. The molecule has 0 amide bonds. The third-order valence-electron chi connectivity index (χ3n) is 2.82. The van der Waals surface area contributed by atoms with Gasteiger partial charge >= 0.3 is 5.97 Å². The molecule has 0 aliphatic rings. The van der Waals surface area contributed by atoms with Crippen LogP contribution >= 0.6 is 0 Å². The summed E-state index contributed by atoms with van der Waals surface area (Å²) < 4.78 is 5.57. The molecule has 0 radical (unpaired) electrons. The van der Waals surface area contributed by atoms with Crippen LogP contribution in [0, 0.1) is 0 Å². The molecule has 7 heteroatoms. The Hall–Kier alpha value is -3.22. The highest BCUT2D eigenvalue weighted by atomic mass is 16.5. The maximum Gasteiger partial charge on any atom is 0.355 e. The number of hydrogen-bond donors (Lipinski definition) is 2. The first-order valence-electron chi connectivity index (χ1n) is 6.01. The Morgan fingerprint density at radius 1 is 1.14 bits per heavy atom. The van der Waals surface area contributed by atoms with E-state index in [0.717, 1.165) is 0 Å². The summed E-state index contributed by atoms with van der Waals surface area (Å²) in [5, 5.41) is 10.3. The average Bonchev–Trinajstić information content (AvgIpc) is 2.46. The number of nitrogens with zero attached hydrogens (tertiary/aromatic N) is 3. The third-order valence-corrected chi connectivity index (χ3v) is 2.82. The molecule has 3 N–H and O–H groups in total. The van der Waals surface area contributed by atoms with E-state index >= 15 is 0 Å². The van der Waals surface area contributed by atoms with Gasteiger partial charge in [-0.1, -0.05) is 0 Å². The highest BCUT2D eigenvalue weighted by Crippen LogP contribution is 2.26. The molecule has 3 rings (SSSR count). The van der Waals surface area contributed by atoms with Crippen molar-refractivity contribution >= 4 is 22.6 Å². The number of nitrogen functional groups attached to an aromatic ring is 1. The number of fused-ring (bicyclic) bond motifs is 1. The molecule has 2 heterocycles. The van der Waals surface area contributed by atoms with Gasteiger partial charge in [0.15, 0.2) is 5.69 Å². The van der Waals surface area contributed by atoms with Gasteiger partial charge in [-0.3, -0.25) is 0 Å². The summed E-state index contributed by atoms with van der Waals surface area (Å²) in [7, 11) is 0. The third kappa shape index (κ3) is 2.57. The van der Waals surface area contributed by atoms with Gasteiger partial charge in [-0.2, -0.15) is 0 Å². The van der Waals surface area contributed by atoms with E-state index in [9.17, 15) is 4.79 Å². The molecule has 0 saturated heterocycles. The van der Waals surface area contributed by atoms with Crippen LogP contribution in [0.25, 0.3) is 10.8 Å². The fourth-order valence-electron chi connectivity index (χ4n) is 1.92. The molecule has 0 atom stereocenters. The SMILES string of the molecule is Nc1cc(Oc2ccc3c(C(=O)O)nccc3c2)ncn1. The van der Waals surface area contributed by atoms with Gasteiger partial charge in [-0.25, -0.2) is 19.7 Å². The van der Waals surface area contributed by atoms with Gasteiger partial charge in [-0.15, -0.1) is 0 Å². The minimum atomic E-state index is -1.07. The summed E-state index contributed by atoms with van der Waals surface area (Å²) in [6.07, 6.45) is 2.75. The molecular formula is C14H10N4O3. The van der Waals surface area contributed by atoms with E-state index in [-0.39, 0.29) is 5.69 Å². The molecule has 3 aromatic rings. The van der Waals surface area contributed by atoms with Gasteiger partial charge in [0.1, 0.15) is 17.9 Å². The van der Waals surface area contributed by atoms with Crippen LogP contribution in [0.5, 0.6) is 11.6 Å². The van der Waals surface area contributed by atoms with Crippen molar-refractivity contribution in [2.24, 2.45) is 0 Å². The smallest absolute Gasteiger partial charge is 0.355 e. The number of carboxylic acid groups (broad SMARTS) is 1. The van der Waals surface area contributed by atoms with E-state index in [2.05, 4.69) is 15.0 Å². The minimum Gasteiger partial charge on any atom is -0.476 e. The van der Waals surface area contributed by atoms with Crippen molar-refractivity contribution in [2.45, 2.75) is 0 Å². The van der Waals surface area contributed by atoms with Gasteiger partial charge in [0.05, 0.1) is 0 Å². The maximum absolute atomic E-state index is 11.1. The number of benzene rings is 1. The van der Waals surface area contributed by atoms with Crippen LogP contribution < -0.4 is 10.5 Å². The van der Waals surface area contributed by atoms with Crippen molar-refractivity contribution < 1.29 is 14.6 Å². The number of rotatable bonds is 3. The molecule has 7 nitrogen and oxygen atoms in total. The van der Waals surface area contributed by atoms with Crippen molar-refractivity contribution in [3.05, 3.63) is 48.5 Å². The van der Waals surface area contributed by atoms with Crippen molar-refractivity contribution in [3.8, 4) is 11.6 Å². The summed E-state index contributed by atoms with van der Waals surface area (Å²) in [5.41, 5.74) is 5.56. The molecule has 0 aliphatic heterocycles. The van der Waals surface area contributed by atoms with E-state index in [1.54, 1.807) is 24.3 Å². The highest BCUT2D eigenvalue weighted by Gasteiger charge is 2.10. The Morgan fingerprint density at radius 2 is 2.00 bits per heavy atom. The predicted octanol–water partition coefficient (Wildman–Crippen LogP) is 2.10. The Balaban J connectivity index is 2.00. The Kier molecular flexibility index (Phi) is 3.07. The number of aromatic carboxylic acids is 1. The van der Waals surface area contributed by atoms with E-state index < -0.39 is 5.97 Å². The van der Waals surface area contributed by atoms with Crippen molar-refractivity contribution in [3.63, 3.8) is 0 Å². The molecular weight excluding hydrogens is 272 g/mol. The van der Waals surface area contributed by atoms with E-state index in [1.807, 2.05) is 0 Å². The van der Waals surface area contributed by atoms with Gasteiger partial charge in [0.25, 0.3) is 0 Å². The van der Waals surface area contributed by atoms with Crippen LogP contribution in [0.15, 0.2) is 42.9 Å². The topological polar surface area (TPSA) is 111 Å². The standard InChI is InChI=1S/C14H10N4O3/c15-11-6-12(18-7-17-11)21-9-1-2-10-8(5-9)3-4-16-13(10)14(19)20/h1-7H,(H,19,20)(H2,15,17,18). The number of pyridine rings is 1. The summed E-state index contributed by atoms with van der Waals surface area (Å²) in [6, 6.07) is 8.21. The molecule has 21 heavy (non-hydrogen) atoms. The largest absolute Gasteiger partial charge is 0.476 e. The van der Waals surface area contributed by atoms with Crippen LogP contribution in [0.3, 0.4) is 0 Å². The minimum absolute atomic E-state index is 0.00494. The number of anilines is 1. The zero-order valence-corrected chi connectivity index (χ0v) is 10.7. The van der Waals surface area contributed by atoms with E-state index in [0.29, 0.717) is 28.2 Å². The summed E-state index contributed by atoms with van der Waals surface area (Å²) in [5.74, 6) is 0.0634. The van der Waals surface area contributed by atoms with E-state index in [4.69, 9.17) is 15.6 Å². The van der Waals surface area contributed by atoms with Gasteiger partial charge in [0.2, 0.25) is 5.88 Å². The molecule has 0 spiro atoms. The number of aromatic nitrogens is 3. The lowest BCUT2D eigenvalue weighted by Gasteiger charge is -2.07. The maximum atomic E-state index is 11.1. The Morgan fingerprint density at radius 3 is 2.76 bits per heavy atom. The molecule has 0 saturated carbocycles. The number of hydrogen-bond acceptors (Lipinski definition) is 6. The van der Waals surface area contributed by atoms with Crippen molar-refractivity contribution in [1.29, 1.82) is 0 Å². The summed E-state index contributed by atoms with van der Waals surface area (Å²) in [4.78, 5) is 22.7. The second-order valence-corrected chi connectivity index (χ2v) is 4.23. The van der Waals surface area contributed by atoms with Crippen molar-refractivity contribution in [2.75, 3.05) is 5.73 Å². The molecule has 0 unspecified atom stereocenters. The van der Waals surface area contributed by atoms with Gasteiger partial charge in [0, 0.05) is 17.6 Å². The van der Waals surface area contributed by atoms with Crippen LogP contribution in [0.1, 0.15) is 10.5 Å². The van der Waals surface area contributed by atoms with E-state index in [1.165, 1.54) is 18.6 Å². The van der Waals surface area contributed by atoms with Crippen LogP contribution in [-0.4, -0.2) is 26.0 Å².